The van der Waals surface area contributed by atoms with Crippen LogP contribution in [0.5, 0.6) is 0 Å². The standard InChI is InChI=1S/C14H23N3O2.ClH/c1-9(15)14(19)16-7-6-12-10(8-16)2-5-13(18)17(12)11-3-4-11;/h9-12H,2-8,15H2,1H3;1H/t9-,10?,12?;/m1./s1. The lowest BCUT2D eigenvalue weighted by Gasteiger charge is -2.47. The van der Waals surface area contributed by atoms with Gasteiger partial charge in [0, 0.05) is 31.6 Å². The van der Waals surface area contributed by atoms with Gasteiger partial charge in [-0.15, -0.1) is 12.4 Å². The predicted octanol–water partition coefficient (Wildman–Crippen LogP) is 0.757. The van der Waals surface area contributed by atoms with Crippen LogP contribution in [0.25, 0.3) is 0 Å². The van der Waals surface area contributed by atoms with Crippen LogP contribution >= 0.6 is 12.4 Å². The van der Waals surface area contributed by atoms with Crippen LogP contribution in [-0.4, -0.2) is 52.8 Å². The Morgan fingerprint density at radius 2 is 2.00 bits per heavy atom. The summed E-state index contributed by atoms with van der Waals surface area (Å²) in [5, 5.41) is 0. The summed E-state index contributed by atoms with van der Waals surface area (Å²) >= 11 is 0. The molecule has 1 saturated carbocycles. The maximum atomic E-state index is 12.1. The Labute approximate surface area is 126 Å². The third kappa shape index (κ3) is 2.79. The largest absolute Gasteiger partial charge is 0.341 e. The monoisotopic (exact) mass is 301 g/mol. The molecule has 6 heteroatoms. The van der Waals surface area contributed by atoms with Crippen LogP contribution < -0.4 is 5.73 Å². The van der Waals surface area contributed by atoms with Crippen LogP contribution in [0.1, 0.15) is 39.0 Å². The van der Waals surface area contributed by atoms with Crippen molar-refractivity contribution in [3.63, 3.8) is 0 Å². The number of rotatable bonds is 2. The van der Waals surface area contributed by atoms with E-state index >= 15 is 0 Å². The van der Waals surface area contributed by atoms with E-state index in [0.717, 1.165) is 38.8 Å². The molecule has 3 aliphatic rings. The molecule has 3 atom stereocenters. The van der Waals surface area contributed by atoms with Gasteiger partial charge in [0.1, 0.15) is 0 Å². The summed E-state index contributed by atoms with van der Waals surface area (Å²) in [6, 6.07) is 0.447. The molecular formula is C14H24ClN3O2. The Hall–Kier alpha value is -0.810. The average Bonchev–Trinajstić information content (AvgIpc) is 3.21. The predicted molar refractivity (Wildman–Crippen MR) is 78.5 cm³/mol. The highest BCUT2D eigenvalue weighted by Gasteiger charge is 2.45. The number of piperidine rings is 2. The summed E-state index contributed by atoms with van der Waals surface area (Å²) in [5.74, 6) is 0.832. The number of halogens is 1. The minimum atomic E-state index is -0.415. The van der Waals surface area contributed by atoms with E-state index < -0.39 is 6.04 Å². The first-order valence-corrected chi connectivity index (χ1v) is 7.43. The van der Waals surface area contributed by atoms with Crippen LogP contribution in [0.4, 0.5) is 0 Å². The smallest absolute Gasteiger partial charge is 0.239 e. The first-order valence-electron chi connectivity index (χ1n) is 7.43. The first-order chi connectivity index (χ1) is 9.08. The maximum Gasteiger partial charge on any atom is 0.239 e. The fourth-order valence-electron chi connectivity index (χ4n) is 3.61. The molecule has 3 rings (SSSR count). The number of likely N-dealkylation sites (tertiary alicyclic amines) is 2. The number of hydrogen-bond acceptors (Lipinski definition) is 3. The second-order valence-electron chi connectivity index (χ2n) is 6.26. The molecule has 0 spiro atoms. The lowest BCUT2D eigenvalue weighted by Crippen LogP contribution is -2.58. The Balaban J connectivity index is 0.00000147. The van der Waals surface area contributed by atoms with Crippen LogP contribution in [0.3, 0.4) is 0 Å². The van der Waals surface area contributed by atoms with Crippen molar-refractivity contribution in [3.05, 3.63) is 0 Å². The van der Waals surface area contributed by atoms with Crippen molar-refractivity contribution in [2.45, 2.75) is 57.2 Å². The van der Waals surface area contributed by atoms with E-state index in [1.807, 2.05) is 4.90 Å². The SMILES string of the molecule is C[C@@H](N)C(=O)N1CCC2C(CCC(=O)N2C2CC2)C1.Cl. The minimum Gasteiger partial charge on any atom is -0.341 e. The van der Waals surface area contributed by atoms with Crippen molar-refractivity contribution in [1.29, 1.82) is 0 Å². The van der Waals surface area contributed by atoms with Crippen LogP contribution in [0.2, 0.25) is 0 Å². The molecule has 0 aromatic carbocycles. The zero-order valence-corrected chi connectivity index (χ0v) is 12.8. The molecule has 2 unspecified atom stereocenters. The normalized spacial score (nSPS) is 31.4. The average molecular weight is 302 g/mol. The van der Waals surface area contributed by atoms with Crippen molar-refractivity contribution < 1.29 is 9.59 Å². The number of nitrogens with zero attached hydrogens (tertiary/aromatic N) is 2. The molecule has 5 nitrogen and oxygen atoms in total. The van der Waals surface area contributed by atoms with Gasteiger partial charge in [0.25, 0.3) is 0 Å². The molecule has 2 amide bonds. The Kier molecular flexibility index (Phi) is 4.59. The van der Waals surface area contributed by atoms with E-state index in [1.165, 1.54) is 0 Å². The molecule has 0 bridgehead atoms. The molecule has 2 N–H and O–H groups in total. The fourth-order valence-corrected chi connectivity index (χ4v) is 3.61. The van der Waals surface area contributed by atoms with Crippen molar-refractivity contribution in [2.24, 2.45) is 11.7 Å². The van der Waals surface area contributed by atoms with Gasteiger partial charge in [-0.1, -0.05) is 0 Å². The molecular weight excluding hydrogens is 278 g/mol. The molecule has 2 heterocycles. The number of amides is 2. The lowest BCUT2D eigenvalue weighted by atomic mass is 9.83. The first kappa shape index (κ1) is 15.6. The van der Waals surface area contributed by atoms with Crippen molar-refractivity contribution in [1.82, 2.24) is 9.80 Å². The molecule has 1 aliphatic carbocycles. The van der Waals surface area contributed by atoms with Crippen molar-refractivity contribution in [3.8, 4) is 0 Å². The van der Waals surface area contributed by atoms with Gasteiger partial charge in [-0.3, -0.25) is 9.59 Å². The number of carbonyl (C=O) groups is 2. The third-order valence-electron chi connectivity index (χ3n) is 4.71. The van der Waals surface area contributed by atoms with Gasteiger partial charge in [0.05, 0.1) is 6.04 Å². The number of hydrogen-bond donors (Lipinski definition) is 1. The minimum absolute atomic E-state index is 0. The van der Waals surface area contributed by atoms with E-state index in [9.17, 15) is 9.59 Å². The summed E-state index contributed by atoms with van der Waals surface area (Å²) < 4.78 is 0. The molecule has 114 valence electrons. The second-order valence-corrected chi connectivity index (χ2v) is 6.26. The molecule has 3 fully saturated rings. The third-order valence-corrected chi connectivity index (χ3v) is 4.71. The fraction of sp³-hybridized carbons (Fsp3) is 0.857. The van der Waals surface area contributed by atoms with E-state index in [-0.39, 0.29) is 18.3 Å². The van der Waals surface area contributed by atoms with Gasteiger partial charge in [0.2, 0.25) is 11.8 Å². The summed E-state index contributed by atoms with van der Waals surface area (Å²) in [5.41, 5.74) is 5.69. The highest BCUT2D eigenvalue weighted by atomic mass is 35.5. The van der Waals surface area contributed by atoms with Gasteiger partial charge in [-0.05, 0) is 38.5 Å². The lowest BCUT2D eigenvalue weighted by molar-refractivity contribution is -0.145. The molecule has 0 aromatic heterocycles. The molecule has 2 aliphatic heterocycles. The van der Waals surface area contributed by atoms with Crippen molar-refractivity contribution in [2.75, 3.05) is 13.1 Å². The number of fused-ring (bicyclic) bond motifs is 1. The summed E-state index contributed by atoms with van der Waals surface area (Å²) in [7, 11) is 0. The highest BCUT2D eigenvalue weighted by Crippen LogP contribution is 2.38. The Morgan fingerprint density at radius 3 is 2.60 bits per heavy atom. The number of carbonyl (C=O) groups excluding carboxylic acids is 2. The van der Waals surface area contributed by atoms with Gasteiger partial charge >= 0.3 is 0 Å². The summed E-state index contributed by atoms with van der Waals surface area (Å²) in [6.45, 7) is 3.27. The van der Waals surface area contributed by atoms with Crippen LogP contribution in [0.15, 0.2) is 0 Å². The zero-order chi connectivity index (χ0) is 13.6. The summed E-state index contributed by atoms with van der Waals surface area (Å²) in [6.07, 6.45) is 4.83. The second kappa shape index (κ2) is 5.90. The topological polar surface area (TPSA) is 66.6 Å². The Morgan fingerprint density at radius 1 is 1.30 bits per heavy atom. The van der Waals surface area contributed by atoms with Crippen molar-refractivity contribution >= 4 is 24.2 Å². The van der Waals surface area contributed by atoms with Gasteiger partial charge < -0.3 is 15.5 Å². The van der Waals surface area contributed by atoms with Gasteiger partial charge in [0.15, 0.2) is 0 Å². The van der Waals surface area contributed by atoms with E-state index in [4.69, 9.17) is 5.73 Å². The summed E-state index contributed by atoms with van der Waals surface area (Å²) in [4.78, 5) is 28.1. The maximum absolute atomic E-state index is 12.1. The molecule has 20 heavy (non-hydrogen) atoms. The molecule has 0 radical (unpaired) electrons. The molecule has 0 aromatic rings. The van der Waals surface area contributed by atoms with Gasteiger partial charge in [-0.2, -0.15) is 0 Å². The number of nitrogens with two attached hydrogens (primary N) is 1. The van der Waals surface area contributed by atoms with E-state index in [1.54, 1.807) is 6.92 Å². The quantitative estimate of drug-likeness (QED) is 0.819. The highest BCUT2D eigenvalue weighted by molar-refractivity contribution is 5.85. The van der Waals surface area contributed by atoms with Crippen LogP contribution in [-0.2, 0) is 9.59 Å². The molecule has 2 saturated heterocycles. The van der Waals surface area contributed by atoms with E-state index in [2.05, 4.69) is 4.90 Å². The van der Waals surface area contributed by atoms with E-state index in [0.29, 0.717) is 30.3 Å². The Bertz CT molecular complexity index is 398. The zero-order valence-electron chi connectivity index (χ0n) is 12.0. The van der Waals surface area contributed by atoms with Crippen LogP contribution in [0, 0.1) is 5.92 Å². The van der Waals surface area contributed by atoms with Gasteiger partial charge in [-0.25, -0.2) is 0 Å².